The van der Waals surface area contributed by atoms with E-state index >= 15 is 0 Å². The molecule has 5 heteroatoms. The molecule has 24 heavy (non-hydrogen) atoms. The van der Waals surface area contributed by atoms with E-state index in [0.717, 1.165) is 12.8 Å². The van der Waals surface area contributed by atoms with E-state index in [-0.39, 0.29) is 11.6 Å². The van der Waals surface area contributed by atoms with E-state index in [2.05, 4.69) is 12.2 Å². The molecule has 2 aromatic carbocycles. The Kier molecular flexibility index (Phi) is 6.07. The van der Waals surface area contributed by atoms with E-state index in [1.165, 1.54) is 18.2 Å². The van der Waals surface area contributed by atoms with Crippen LogP contribution in [0.5, 0.6) is 0 Å². The average Bonchev–Trinajstić information content (AvgIpc) is 2.61. The summed E-state index contributed by atoms with van der Waals surface area (Å²) >= 11 is 0. The molecule has 2 rings (SSSR count). The Balaban J connectivity index is 2.13. The molecule has 4 nitrogen and oxygen atoms in total. The van der Waals surface area contributed by atoms with Crippen molar-refractivity contribution >= 4 is 17.5 Å². The van der Waals surface area contributed by atoms with Gasteiger partial charge >= 0.3 is 0 Å². The first kappa shape index (κ1) is 17.7. The van der Waals surface area contributed by atoms with Crippen molar-refractivity contribution < 1.29 is 14.0 Å². The molecule has 0 atom stereocenters. The molecule has 0 heterocycles. The van der Waals surface area contributed by atoms with Crippen LogP contribution in [-0.4, -0.2) is 30.3 Å². The number of amides is 2. The van der Waals surface area contributed by atoms with Crippen molar-refractivity contribution in [2.45, 2.75) is 19.8 Å². The van der Waals surface area contributed by atoms with Gasteiger partial charge in [-0.2, -0.15) is 0 Å². The number of nitrogens with zero attached hydrogens (tertiary/aromatic N) is 1. The maximum atomic E-state index is 13.6. The van der Waals surface area contributed by atoms with Gasteiger partial charge in [-0.25, -0.2) is 4.39 Å². The molecule has 0 aliphatic rings. The van der Waals surface area contributed by atoms with Crippen molar-refractivity contribution in [3.63, 3.8) is 0 Å². The van der Waals surface area contributed by atoms with Gasteiger partial charge in [-0.15, -0.1) is 0 Å². The number of para-hydroxylation sites is 1. The number of hydrogen-bond donors (Lipinski definition) is 1. The Morgan fingerprint density at radius 3 is 2.50 bits per heavy atom. The smallest absolute Gasteiger partial charge is 0.255 e. The van der Waals surface area contributed by atoms with Crippen molar-refractivity contribution in [3.05, 3.63) is 65.5 Å². The Morgan fingerprint density at radius 2 is 1.79 bits per heavy atom. The minimum atomic E-state index is -0.502. The van der Waals surface area contributed by atoms with E-state index < -0.39 is 11.7 Å². The Bertz CT molecular complexity index is 731. The lowest BCUT2D eigenvalue weighted by Gasteiger charge is -2.17. The third-order valence-corrected chi connectivity index (χ3v) is 3.69. The first-order valence-corrected chi connectivity index (χ1v) is 7.94. The molecule has 126 valence electrons. The predicted octanol–water partition coefficient (Wildman–Crippen LogP) is 3.95. The van der Waals surface area contributed by atoms with Gasteiger partial charge in [-0.1, -0.05) is 31.5 Å². The summed E-state index contributed by atoms with van der Waals surface area (Å²) in [4.78, 5) is 26.3. The molecule has 1 N–H and O–H groups in total. The number of hydrogen-bond acceptors (Lipinski definition) is 2. The molecule has 0 aliphatic heterocycles. The molecular formula is C19H21FN2O2. The standard InChI is InChI=1S/C19H21FN2O2/c1-3-4-12-22(2)19(24)15-9-7-8-14(13-15)18(23)21-17-11-6-5-10-16(17)20/h5-11,13H,3-4,12H2,1-2H3,(H,21,23). The summed E-state index contributed by atoms with van der Waals surface area (Å²) < 4.78 is 13.6. The highest BCUT2D eigenvalue weighted by molar-refractivity contribution is 6.06. The SMILES string of the molecule is CCCCN(C)C(=O)c1cccc(C(=O)Nc2ccccc2F)c1. The van der Waals surface area contributed by atoms with Gasteiger partial charge in [0.2, 0.25) is 0 Å². The quantitative estimate of drug-likeness (QED) is 0.873. The fourth-order valence-corrected chi connectivity index (χ4v) is 2.27. The van der Waals surface area contributed by atoms with Crippen molar-refractivity contribution in [1.29, 1.82) is 0 Å². The third-order valence-electron chi connectivity index (χ3n) is 3.69. The van der Waals surface area contributed by atoms with Gasteiger partial charge in [-0.3, -0.25) is 9.59 Å². The highest BCUT2D eigenvalue weighted by Gasteiger charge is 2.14. The van der Waals surface area contributed by atoms with Gasteiger partial charge < -0.3 is 10.2 Å². The molecule has 2 amide bonds. The lowest BCUT2D eigenvalue weighted by atomic mass is 10.1. The molecule has 0 saturated carbocycles. The van der Waals surface area contributed by atoms with Gasteiger partial charge in [0.1, 0.15) is 5.82 Å². The summed E-state index contributed by atoms with van der Waals surface area (Å²) in [6, 6.07) is 12.4. The van der Waals surface area contributed by atoms with Crippen LogP contribution in [-0.2, 0) is 0 Å². The van der Waals surface area contributed by atoms with Gasteiger partial charge in [-0.05, 0) is 36.8 Å². The highest BCUT2D eigenvalue weighted by atomic mass is 19.1. The van der Waals surface area contributed by atoms with Crippen LogP contribution >= 0.6 is 0 Å². The minimum absolute atomic E-state index is 0.110. The number of anilines is 1. The summed E-state index contributed by atoms with van der Waals surface area (Å²) in [6.45, 7) is 2.73. The first-order valence-electron chi connectivity index (χ1n) is 7.94. The Hall–Kier alpha value is -2.69. The lowest BCUT2D eigenvalue weighted by molar-refractivity contribution is 0.0793. The molecule has 0 unspecified atom stereocenters. The van der Waals surface area contributed by atoms with Crippen LogP contribution in [0.25, 0.3) is 0 Å². The van der Waals surface area contributed by atoms with Gasteiger partial charge in [0.05, 0.1) is 5.69 Å². The molecule has 0 fully saturated rings. The number of halogens is 1. The molecule has 0 saturated heterocycles. The monoisotopic (exact) mass is 328 g/mol. The Labute approximate surface area is 141 Å². The summed E-state index contributed by atoms with van der Waals surface area (Å²) in [5, 5.41) is 2.52. The van der Waals surface area contributed by atoms with E-state index in [1.54, 1.807) is 42.3 Å². The fourth-order valence-electron chi connectivity index (χ4n) is 2.27. The van der Waals surface area contributed by atoms with Crippen molar-refractivity contribution in [1.82, 2.24) is 4.90 Å². The number of nitrogens with one attached hydrogen (secondary N) is 1. The van der Waals surface area contributed by atoms with Crippen LogP contribution in [0, 0.1) is 5.82 Å². The molecule has 0 radical (unpaired) electrons. The number of carbonyl (C=O) groups is 2. The Morgan fingerprint density at radius 1 is 1.08 bits per heavy atom. The second kappa shape index (κ2) is 8.24. The largest absolute Gasteiger partial charge is 0.342 e. The number of carbonyl (C=O) groups excluding carboxylic acids is 2. The lowest BCUT2D eigenvalue weighted by Crippen LogP contribution is -2.28. The van der Waals surface area contributed by atoms with Crippen LogP contribution < -0.4 is 5.32 Å². The van der Waals surface area contributed by atoms with Crippen molar-refractivity contribution in [2.75, 3.05) is 18.9 Å². The zero-order valence-corrected chi connectivity index (χ0v) is 13.9. The maximum Gasteiger partial charge on any atom is 0.255 e. The first-order chi connectivity index (χ1) is 11.5. The molecule has 0 aliphatic carbocycles. The van der Waals surface area contributed by atoms with E-state index in [0.29, 0.717) is 17.7 Å². The molecule has 0 spiro atoms. The predicted molar refractivity (Wildman–Crippen MR) is 92.7 cm³/mol. The average molecular weight is 328 g/mol. The zero-order valence-electron chi connectivity index (χ0n) is 13.9. The fraction of sp³-hybridized carbons (Fsp3) is 0.263. The van der Waals surface area contributed by atoms with Gasteiger partial charge in [0.25, 0.3) is 11.8 Å². The second-order valence-corrected chi connectivity index (χ2v) is 5.60. The third kappa shape index (κ3) is 4.41. The number of rotatable bonds is 6. The number of benzene rings is 2. The van der Waals surface area contributed by atoms with E-state index in [4.69, 9.17) is 0 Å². The van der Waals surface area contributed by atoms with E-state index in [1.807, 2.05) is 0 Å². The van der Waals surface area contributed by atoms with Crippen LogP contribution in [0.3, 0.4) is 0 Å². The molecule has 0 bridgehead atoms. The normalized spacial score (nSPS) is 10.3. The summed E-state index contributed by atoms with van der Waals surface area (Å²) in [6.07, 6.45) is 1.93. The van der Waals surface area contributed by atoms with Crippen LogP contribution in [0.4, 0.5) is 10.1 Å². The zero-order chi connectivity index (χ0) is 17.5. The number of unbranched alkanes of at least 4 members (excludes halogenated alkanes) is 1. The molecule has 2 aromatic rings. The maximum absolute atomic E-state index is 13.6. The summed E-state index contributed by atoms with van der Waals surface area (Å²) in [5.74, 6) is -1.09. The highest BCUT2D eigenvalue weighted by Crippen LogP contribution is 2.15. The molecular weight excluding hydrogens is 307 g/mol. The molecule has 0 aromatic heterocycles. The minimum Gasteiger partial charge on any atom is -0.342 e. The van der Waals surface area contributed by atoms with Crippen LogP contribution in [0.15, 0.2) is 48.5 Å². The van der Waals surface area contributed by atoms with Crippen LogP contribution in [0.2, 0.25) is 0 Å². The second-order valence-electron chi connectivity index (χ2n) is 5.60. The van der Waals surface area contributed by atoms with Crippen LogP contribution in [0.1, 0.15) is 40.5 Å². The van der Waals surface area contributed by atoms with Gasteiger partial charge in [0, 0.05) is 24.7 Å². The summed E-state index contributed by atoms with van der Waals surface area (Å²) in [7, 11) is 1.74. The van der Waals surface area contributed by atoms with Gasteiger partial charge in [0.15, 0.2) is 0 Å². The van der Waals surface area contributed by atoms with Crippen molar-refractivity contribution in [3.8, 4) is 0 Å². The topological polar surface area (TPSA) is 49.4 Å². The summed E-state index contributed by atoms with van der Waals surface area (Å²) in [5.41, 5.74) is 0.863. The van der Waals surface area contributed by atoms with E-state index in [9.17, 15) is 14.0 Å². The van der Waals surface area contributed by atoms with Crippen molar-refractivity contribution in [2.24, 2.45) is 0 Å².